The Morgan fingerprint density at radius 1 is 1.19 bits per heavy atom. The minimum Gasteiger partial charge on any atom is -0.353 e. The summed E-state index contributed by atoms with van der Waals surface area (Å²) in [4.78, 5) is 29.2. The van der Waals surface area contributed by atoms with Gasteiger partial charge in [-0.2, -0.15) is 0 Å². The molecule has 0 radical (unpaired) electrons. The fraction of sp³-hybridized carbons (Fsp3) is 0.714. The number of hydrogen-bond donors (Lipinski definition) is 1. The number of aryl methyl sites for hydroxylation is 1. The molecule has 0 aliphatic heterocycles. The van der Waals surface area contributed by atoms with Gasteiger partial charge in [0.25, 0.3) is 0 Å². The molecule has 1 aromatic heterocycles. The number of carbonyl (C=O) groups excluding carboxylic acids is 2. The van der Waals surface area contributed by atoms with Crippen LogP contribution in [0.2, 0.25) is 0 Å². The second-order valence-electron chi connectivity index (χ2n) is 7.25. The molecule has 6 heteroatoms. The molecule has 154 valence electrons. The third-order valence-electron chi connectivity index (χ3n) is 5.03. The lowest BCUT2D eigenvalue weighted by Crippen LogP contribution is -2.50. The van der Waals surface area contributed by atoms with E-state index in [1.165, 1.54) is 0 Å². The van der Waals surface area contributed by atoms with Gasteiger partial charge in [0, 0.05) is 38.1 Å². The van der Waals surface area contributed by atoms with Crippen molar-refractivity contribution in [3.8, 4) is 0 Å². The maximum absolute atomic E-state index is 13.0. The van der Waals surface area contributed by atoms with E-state index in [4.69, 9.17) is 0 Å². The molecule has 0 bridgehead atoms. The third kappa shape index (κ3) is 7.65. The van der Waals surface area contributed by atoms with Gasteiger partial charge in [-0.1, -0.05) is 33.6 Å². The molecular formula is C21H38N4O2. The zero-order valence-corrected chi connectivity index (χ0v) is 17.8. The standard InChI is InChI=1S/C21H38N4O2/c1-6-9-13-22-21(27)25(18(4)8-3)17-20(26)24(15-10-7-2)16-19-12-11-14-23(19)5/h11-12,14,18H,6-10,13,15-17H2,1-5H3,(H,22,27)/t18-/m1/s1. The summed E-state index contributed by atoms with van der Waals surface area (Å²) in [5.41, 5.74) is 1.10. The van der Waals surface area contributed by atoms with E-state index in [0.717, 1.165) is 37.8 Å². The Balaban J connectivity index is 2.82. The number of unbranched alkanes of at least 4 members (excludes halogenated alkanes) is 2. The summed E-state index contributed by atoms with van der Waals surface area (Å²) in [5, 5.41) is 2.95. The van der Waals surface area contributed by atoms with Gasteiger partial charge in [-0.15, -0.1) is 0 Å². The summed E-state index contributed by atoms with van der Waals surface area (Å²) >= 11 is 0. The van der Waals surface area contributed by atoms with Gasteiger partial charge in [-0.3, -0.25) is 4.79 Å². The van der Waals surface area contributed by atoms with Crippen molar-refractivity contribution in [2.24, 2.45) is 7.05 Å². The molecule has 1 rings (SSSR count). The Hall–Kier alpha value is -1.98. The smallest absolute Gasteiger partial charge is 0.318 e. The minimum absolute atomic E-state index is 0.00981. The number of nitrogens with one attached hydrogen (secondary N) is 1. The van der Waals surface area contributed by atoms with Gasteiger partial charge in [0.05, 0.1) is 6.54 Å². The van der Waals surface area contributed by atoms with E-state index < -0.39 is 0 Å². The van der Waals surface area contributed by atoms with Crippen molar-refractivity contribution in [1.29, 1.82) is 0 Å². The van der Waals surface area contributed by atoms with E-state index in [1.807, 2.05) is 48.7 Å². The van der Waals surface area contributed by atoms with E-state index in [0.29, 0.717) is 19.6 Å². The van der Waals surface area contributed by atoms with Crippen LogP contribution in [0.1, 0.15) is 65.5 Å². The summed E-state index contributed by atoms with van der Waals surface area (Å²) < 4.78 is 2.04. The van der Waals surface area contributed by atoms with Crippen molar-refractivity contribution < 1.29 is 9.59 Å². The highest BCUT2D eigenvalue weighted by atomic mass is 16.2. The molecule has 0 saturated carbocycles. The lowest BCUT2D eigenvalue weighted by Gasteiger charge is -2.31. The van der Waals surface area contributed by atoms with Crippen molar-refractivity contribution >= 4 is 11.9 Å². The highest BCUT2D eigenvalue weighted by Crippen LogP contribution is 2.10. The molecule has 0 spiro atoms. The summed E-state index contributed by atoms with van der Waals surface area (Å²) in [6.45, 7) is 10.3. The number of carbonyl (C=O) groups is 2. The first-order valence-corrected chi connectivity index (χ1v) is 10.4. The summed E-state index contributed by atoms with van der Waals surface area (Å²) in [6.07, 6.45) is 6.78. The maximum atomic E-state index is 13.0. The topological polar surface area (TPSA) is 57.6 Å². The number of amides is 3. The van der Waals surface area contributed by atoms with E-state index in [2.05, 4.69) is 19.2 Å². The van der Waals surface area contributed by atoms with E-state index in [1.54, 1.807) is 4.90 Å². The van der Waals surface area contributed by atoms with Crippen LogP contribution in [0, 0.1) is 0 Å². The minimum atomic E-state index is -0.138. The Labute approximate surface area is 164 Å². The van der Waals surface area contributed by atoms with Crippen LogP contribution in [0.25, 0.3) is 0 Å². The van der Waals surface area contributed by atoms with Crippen LogP contribution in [0.3, 0.4) is 0 Å². The molecule has 1 heterocycles. The highest BCUT2D eigenvalue weighted by molar-refractivity contribution is 5.84. The first kappa shape index (κ1) is 23.1. The van der Waals surface area contributed by atoms with Crippen LogP contribution in [0.4, 0.5) is 4.79 Å². The van der Waals surface area contributed by atoms with Crippen LogP contribution in [-0.4, -0.2) is 52.0 Å². The predicted octanol–water partition coefficient (Wildman–Crippen LogP) is 3.76. The fourth-order valence-electron chi connectivity index (χ4n) is 2.86. The Bertz CT molecular complexity index is 570. The molecule has 0 aromatic carbocycles. The zero-order valence-electron chi connectivity index (χ0n) is 17.8. The maximum Gasteiger partial charge on any atom is 0.318 e. The second kappa shape index (κ2) is 12.4. The molecule has 3 amide bonds. The van der Waals surface area contributed by atoms with E-state index >= 15 is 0 Å². The largest absolute Gasteiger partial charge is 0.353 e. The Morgan fingerprint density at radius 3 is 2.44 bits per heavy atom. The van der Waals surface area contributed by atoms with Gasteiger partial charge in [0.1, 0.15) is 6.54 Å². The van der Waals surface area contributed by atoms with Gasteiger partial charge in [0.15, 0.2) is 0 Å². The van der Waals surface area contributed by atoms with Crippen LogP contribution >= 0.6 is 0 Å². The summed E-state index contributed by atoms with van der Waals surface area (Å²) in [5.74, 6) is 0.00981. The van der Waals surface area contributed by atoms with Crippen molar-refractivity contribution in [2.75, 3.05) is 19.6 Å². The molecule has 27 heavy (non-hydrogen) atoms. The first-order valence-electron chi connectivity index (χ1n) is 10.4. The number of nitrogens with zero attached hydrogens (tertiary/aromatic N) is 3. The van der Waals surface area contributed by atoms with Crippen LogP contribution in [0.5, 0.6) is 0 Å². The van der Waals surface area contributed by atoms with Crippen molar-refractivity contribution in [3.63, 3.8) is 0 Å². The average Bonchev–Trinajstić information content (AvgIpc) is 3.06. The molecule has 0 aliphatic rings. The van der Waals surface area contributed by atoms with E-state index in [9.17, 15) is 9.59 Å². The highest BCUT2D eigenvalue weighted by Gasteiger charge is 2.24. The number of urea groups is 1. The van der Waals surface area contributed by atoms with Crippen LogP contribution in [-0.2, 0) is 18.4 Å². The van der Waals surface area contributed by atoms with Crippen molar-refractivity contribution in [2.45, 2.75) is 72.4 Å². The Kier molecular flexibility index (Phi) is 10.6. The number of aromatic nitrogens is 1. The van der Waals surface area contributed by atoms with Crippen molar-refractivity contribution in [3.05, 3.63) is 24.0 Å². The third-order valence-corrected chi connectivity index (χ3v) is 5.03. The molecule has 0 fully saturated rings. The molecule has 1 atom stereocenters. The normalized spacial score (nSPS) is 11.9. The number of hydrogen-bond acceptors (Lipinski definition) is 2. The van der Waals surface area contributed by atoms with Gasteiger partial charge in [-0.05, 0) is 38.3 Å². The second-order valence-corrected chi connectivity index (χ2v) is 7.25. The molecule has 1 N–H and O–H groups in total. The average molecular weight is 379 g/mol. The lowest BCUT2D eigenvalue weighted by atomic mass is 10.2. The van der Waals surface area contributed by atoms with Crippen molar-refractivity contribution in [1.82, 2.24) is 19.7 Å². The van der Waals surface area contributed by atoms with Gasteiger partial charge >= 0.3 is 6.03 Å². The monoisotopic (exact) mass is 378 g/mol. The van der Waals surface area contributed by atoms with Crippen LogP contribution in [0.15, 0.2) is 18.3 Å². The van der Waals surface area contributed by atoms with E-state index in [-0.39, 0.29) is 24.5 Å². The van der Waals surface area contributed by atoms with Crippen LogP contribution < -0.4 is 5.32 Å². The predicted molar refractivity (Wildman–Crippen MR) is 111 cm³/mol. The van der Waals surface area contributed by atoms with Gasteiger partial charge in [0.2, 0.25) is 5.91 Å². The molecule has 0 unspecified atom stereocenters. The molecule has 0 saturated heterocycles. The molecular weight excluding hydrogens is 340 g/mol. The molecule has 1 aromatic rings. The zero-order chi connectivity index (χ0) is 20.2. The summed E-state index contributed by atoms with van der Waals surface area (Å²) in [6, 6.07) is 3.92. The first-order chi connectivity index (χ1) is 12.9. The fourth-order valence-corrected chi connectivity index (χ4v) is 2.86. The molecule has 0 aliphatic carbocycles. The number of rotatable bonds is 12. The summed E-state index contributed by atoms with van der Waals surface area (Å²) in [7, 11) is 1.99. The Morgan fingerprint density at radius 2 is 1.89 bits per heavy atom. The van der Waals surface area contributed by atoms with Gasteiger partial charge < -0.3 is 19.7 Å². The lowest BCUT2D eigenvalue weighted by molar-refractivity contribution is -0.133. The SMILES string of the molecule is CCCCNC(=O)N(CC(=O)N(CCCC)Cc1cccn1C)[C@H](C)CC. The quantitative estimate of drug-likeness (QED) is 0.563. The van der Waals surface area contributed by atoms with Gasteiger partial charge in [-0.25, -0.2) is 4.79 Å². The molecule has 6 nitrogen and oxygen atoms in total.